The lowest BCUT2D eigenvalue weighted by atomic mass is 10.0. The number of nitrogens with zero attached hydrogens (tertiary/aromatic N) is 2. The molecule has 1 saturated carbocycles. The fraction of sp³-hybridized carbons (Fsp3) is 0.417. The van der Waals surface area contributed by atoms with Gasteiger partial charge < -0.3 is 19.7 Å². The van der Waals surface area contributed by atoms with E-state index in [0.717, 1.165) is 43.0 Å². The third-order valence-electron chi connectivity index (χ3n) is 6.13. The summed E-state index contributed by atoms with van der Waals surface area (Å²) in [6, 6.07) is 11.2. The van der Waals surface area contributed by atoms with Crippen LogP contribution in [0, 0.1) is 5.92 Å². The Morgan fingerprint density at radius 1 is 1.10 bits per heavy atom. The van der Waals surface area contributed by atoms with E-state index in [4.69, 9.17) is 26.1 Å². The monoisotopic (exact) mass is 439 g/mol. The molecule has 0 radical (unpaired) electrons. The number of ether oxygens (including phenoxy) is 2. The lowest BCUT2D eigenvalue weighted by Gasteiger charge is -2.30. The summed E-state index contributed by atoms with van der Waals surface area (Å²) in [7, 11) is 0. The van der Waals surface area contributed by atoms with E-state index in [1.807, 2.05) is 30.3 Å². The minimum absolute atomic E-state index is 0.0707. The highest BCUT2D eigenvalue weighted by Gasteiger charge is 2.25. The van der Waals surface area contributed by atoms with Crippen molar-refractivity contribution in [2.24, 2.45) is 10.9 Å². The van der Waals surface area contributed by atoms with E-state index < -0.39 is 0 Å². The summed E-state index contributed by atoms with van der Waals surface area (Å²) >= 11 is 6.22. The fourth-order valence-corrected chi connectivity index (χ4v) is 4.70. The van der Waals surface area contributed by atoms with E-state index in [1.165, 1.54) is 12.8 Å². The molecule has 31 heavy (non-hydrogen) atoms. The van der Waals surface area contributed by atoms with Crippen LogP contribution in [0.3, 0.4) is 0 Å². The molecule has 0 atom stereocenters. The molecule has 1 aliphatic carbocycles. The summed E-state index contributed by atoms with van der Waals surface area (Å²) in [5, 5.41) is 3.69. The molecule has 0 aromatic heterocycles. The number of carbonyl (C=O) groups is 1. The normalized spacial score (nSPS) is 18.5. The first-order chi connectivity index (χ1) is 15.2. The number of hydrogen-bond acceptors (Lipinski definition) is 5. The number of fused-ring (bicyclic) bond motifs is 2. The number of benzene rings is 2. The summed E-state index contributed by atoms with van der Waals surface area (Å²) in [4.78, 5) is 19.7. The fourth-order valence-electron chi connectivity index (χ4n) is 4.53. The minimum Gasteiger partial charge on any atom is -0.454 e. The Hall–Kier alpha value is -2.57. The summed E-state index contributed by atoms with van der Waals surface area (Å²) in [6.07, 6.45) is 5.36. The summed E-state index contributed by atoms with van der Waals surface area (Å²) in [5.41, 5.74) is 2.31. The van der Waals surface area contributed by atoms with E-state index in [0.29, 0.717) is 47.8 Å². The number of aliphatic imine (C=N–C) groups is 1. The van der Waals surface area contributed by atoms with Gasteiger partial charge in [0.25, 0.3) is 0 Å². The van der Waals surface area contributed by atoms with Crippen molar-refractivity contribution in [2.45, 2.75) is 32.1 Å². The van der Waals surface area contributed by atoms with Gasteiger partial charge in [0.05, 0.1) is 18.8 Å². The van der Waals surface area contributed by atoms with E-state index in [-0.39, 0.29) is 5.91 Å². The topological polar surface area (TPSA) is 63.2 Å². The third-order valence-corrected chi connectivity index (χ3v) is 6.37. The lowest BCUT2D eigenvalue weighted by molar-refractivity contribution is -0.117. The van der Waals surface area contributed by atoms with Crippen LogP contribution in [0.25, 0.3) is 0 Å². The van der Waals surface area contributed by atoms with Crippen LogP contribution in [-0.2, 0) is 9.53 Å². The number of carbonyl (C=O) groups excluding carboxylic acids is 1. The van der Waals surface area contributed by atoms with Crippen molar-refractivity contribution >= 4 is 34.7 Å². The van der Waals surface area contributed by atoms with Crippen LogP contribution in [0.1, 0.15) is 37.7 Å². The van der Waals surface area contributed by atoms with Crippen LogP contribution in [0.2, 0.25) is 5.02 Å². The Bertz CT molecular complexity index is 1010. The number of amidine groups is 1. The number of hydrogen-bond donors (Lipinski definition) is 1. The van der Waals surface area contributed by atoms with Gasteiger partial charge in [-0.15, -0.1) is 0 Å². The van der Waals surface area contributed by atoms with Crippen molar-refractivity contribution in [1.82, 2.24) is 4.90 Å². The quantitative estimate of drug-likeness (QED) is 0.697. The Balaban J connectivity index is 1.47. The van der Waals surface area contributed by atoms with E-state index in [9.17, 15) is 4.79 Å². The smallest absolute Gasteiger partial charge is 0.224 e. The van der Waals surface area contributed by atoms with E-state index in [1.54, 1.807) is 6.07 Å². The molecular weight excluding hydrogens is 414 g/mol. The molecule has 7 heteroatoms. The predicted octanol–water partition coefficient (Wildman–Crippen LogP) is 5.38. The van der Waals surface area contributed by atoms with E-state index >= 15 is 0 Å². The van der Waals surface area contributed by atoms with Gasteiger partial charge in [0.2, 0.25) is 5.91 Å². The van der Waals surface area contributed by atoms with Gasteiger partial charge in [0.1, 0.15) is 17.3 Å². The second kappa shape index (κ2) is 8.89. The molecule has 1 saturated heterocycles. The highest BCUT2D eigenvalue weighted by molar-refractivity contribution is 6.31. The Labute approximate surface area is 187 Å². The van der Waals surface area contributed by atoms with Crippen molar-refractivity contribution in [3.8, 4) is 11.5 Å². The molecule has 0 spiro atoms. The molecule has 0 unspecified atom stereocenters. The van der Waals surface area contributed by atoms with E-state index in [2.05, 4.69) is 10.2 Å². The molecular formula is C24H26ClN3O3. The first-order valence-corrected chi connectivity index (χ1v) is 11.4. The molecule has 1 N–H and O–H groups in total. The molecule has 2 aromatic carbocycles. The first kappa shape index (κ1) is 20.3. The van der Waals surface area contributed by atoms with Crippen molar-refractivity contribution in [2.75, 3.05) is 31.6 Å². The minimum atomic E-state index is 0.0707. The maximum absolute atomic E-state index is 12.6. The largest absolute Gasteiger partial charge is 0.454 e. The number of anilines is 1. The summed E-state index contributed by atoms with van der Waals surface area (Å²) < 4.78 is 11.7. The van der Waals surface area contributed by atoms with Gasteiger partial charge >= 0.3 is 0 Å². The van der Waals surface area contributed by atoms with Gasteiger partial charge in [-0.05, 0) is 55.2 Å². The first-order valence-electron chi connectivity index (χ1n) is 11.0. The number of halogens is 1. The molecule has 2 aliphatic heterocycles. The van der Waals surface area contributed by atoms with Crippen LogP contribution < -0.4 is 10.1 Å². The SMILES string of the molecule is O=C(CC1CCCC1)Nc1ccc2c(c1)C(N1CCOCC1)=Nc1cc(Cl)ccc1O2. The van der Waals surface area contributed by atoms with Crippen molar-refractivity contribution < 1.29 is 14.3 Å². The molecule has 2 heterocycles. The summed E-state index contributed by atoms with van der Waals surface area (Å²) in [6.45, 7) is 2.78. The maximum Gasteiger partial charge on any atom is 0.224 e. The zero-order chi connectivity index (χ0) is 21.2. The molecule has 1 amide bonds. The zero-order valence-corrected chi connectivity index (χ0v) is 18.2. The van der Waals surface area contributed by atoms with Gasteiger partial charge in [-0.1, -0.05) is 24.4 Å². The molecule has 2 aromatic rings. The number of amides is 1. The molecule has 0 bridgehead atoms. The molecule has 5 rings (SSSR count). The highest BCUT2D eigenvalue weighted by Crippen LogP contribution is 2.40. The van der Waals surface area contributed by atoms with Gasteiger partial charge in [-0.2, -0.15) is 0 Å². The Kier molecular flexibility index (Phi) is 5.83. The second-order valence-corrected chi connectivity index (χ2v) is 8.80. The zero-order valence-electron chi connectivity index (χ0n) is 17.4. The standard InChI is InChI=1S/C24H26ClN3O3/c25-17-5-7-22-20(14-17)27-24(28-9-11-30-12-10-28)19-15-18(6-8-21(19)31-22)26-23(29)13-16-3-1-2-4-16/h5-8,14-16H,1-4,9-13H2,(H,26,29). The Morgan fingerprint density at radius 3 is 2.68 bits per heavy atom. The highest BCUT2D eigenvalue weighted by atomic mass is 35.5. The maximum atomic E-state index is 12.6. The van der Waals surface area contributed by atoms with Gasteiger partial charge in [0, 0.05) is 30.2 Å². The van der Waals surface area contributed by atoms with Crippen molar-refractivity contribution in [3.05, 3.63) is 47.0 Å². The van der Waals surface area contributed by atoms with Gasteiger partial charge in [-0.25, -0.2) is 4.99 Å². The average Bonchev–Trinajstić information content (AvgIpc) is 3.22. The summed E-state index contributed by atoms with van der Waals surface area (Å²) in [5.74, 6) is 2.76. The number of rotatable bonds is 3. The van der Waals surface area contributed by atoms with Gasteiger partial charge in [-0.3, -0.25) is 4.79 Å². The molecule has 3 aliphatic rings. The average molecular weight is 440 g/mol. The van der Waals surface area contributed by atoms with Crippen LogP contribution >= 0.6 is 11.6 Å². The molecule has 162 valence electrons. The van der Waals surface area contributed by atoms with Crippen LogP contribution in [0.5, 0.6) is 11.5 Å². The van der Waals surface area contributed by atoms with Crippen molar-refractivity contribution in [3.63, 3.8) is 0 Å². The molecule has 2 fully saturated rings. The number of morpholine rings is 1. The lowest BCUT2D eigenvalue weighted by Crippen LogP contribution is -2.41. The Morgan fingerprint density at radius 2 is 1.87 bits per heavy atom. The third kappa shape index (κ3) is 4.55. The van der Waals surface area contributed by atoms with Gasteiger partial charge in [0.15, 0.2) is 5.75 Å². The molecule has 6 nitrogen and oxygen atoms in total. The second-order valence-electron chi connectivity index (χ2n) is 8.36. The number of nitrogens with one attached hydrogen (secondary N) is 1. The van der Waals surface area contributed by atoms with Crippen molar-refractivity contribution in [1.29, 1.82) is 0 Å². The predicted molar refractivity (Wildman–Crippen MR) is 122 cm³/mol. The van der Waals surface area contributed by atoms with Crippen LogP contribution in [0.4, 0.5) is 11.4 Å². The van der Waals surface area contributed by atoms with Crippen LogP contribution in [-0.4, -0.2) is 42.9 Å². The van der Waals surface area contributed by atoms with Crippen LogP contribution in [0.15, 0.2) is 41.4 Å².